The third-order valence-corrected chi connectivity index (χ3v) is 5.92. The molecule has 1 aliphatic rings. The lowest BCUT2D eigenvalue weighted by atomic mass is 9.99. The molecule has 0 aliphatic carbocycles. The second-order valence-corrected chi connectivity index (χ2v) is 7.22. The Kier molecular flexibility index (Phi) is 7.72. The first-order valence-electron chi connectivity index (χ1n) is 8.42. The van der Waals surface area contributed by atoms with E-state index in [9.17, 15) is 0 Å². The Morgan fingerprint density at radius 3 is 2.54 bits per heavy atom. The molecule has 24 heavy (non-hydrogen) atoms. The van der Waals surface area contributed by atoms with Crippen molar-refractivity contribution in [2.75, 3.05) is 46.7 Å². The summed E-state index contributed by atoms with van der Waals surface area (Å²) in [6.45, 7) is 3.47. The maximum Gasteiger partial charge on any atom is 0.191 e. The van der Waals surface area contributed by atoms with Crippen molar-refractivity contribution in [3.8, 4) is 5.75 Å². The van der Waals surface area contributed by atoms with Gasteiger partial charge in [-0.05, 0) is 43.2 Å². The van der Waals surface area contributed by atoms with Crippen molar-refractivity contribution in [3.63, 3.8) is 0 Å². The number of thioether (sulfide) groups is 1. The van der Waals surface area contributed by atoms with Gasteiger partial charge in [0.25, 0.3) is 0 Å². The molecule has 0 amide bonds. The number of nitrogens with one attached hydrogen (secondary N) is 2. The molecule has 1 aromatic rings. The van der Waals surface area contributed by atoms with E-state index in [-0.39, 0.29) is 4.75 Å². The van der Waals surface area contributed by atoms with Gasteiger partial charge in [0.1, 0.15) is 5.75 Å². The standard InChI is InChI=1S/C18H29N3O2S/c1-19-17(21-14-18(24-3)9-12-23-13-10-18)20-11-8-15-4-6-16(22-2)7-5-15/h4-7H,8-14H2,1-3H3,(H2,19,20,21). The van der Waals surface area contributed by atoms with Crippen molar-refractivity contribution in [3.05, 3.63) is 29.8 Å². The van der Waals surface area contributed by atoms with Crippen molar-refractivity contribution < 1.29 is 9.47 Å². The Morgan fingerprint density at radius 1 is 1.25 bits per heavy atom. The maximum atomic E-state index is 5.49. The molecule has 0 radical (unpaired) electrons. The van der Waals surface area contributed by atoms with E-state index < -0.39 is 0 Å². The van der Waals surface area contributed by atoms with E-state index in [0.29, 0.717) is 0 Å². The molecular weight excluding hydrogens is 322 g/mol. The molecule has 1 aromatic carbocycles. The third-order valence-electron chi connectivity index (χ3n) is 4.50. The third kappa shape index (κ3) is 5.60. The lowest BCUT2D eigenvalue weighted by Crippen LogP contribution is -2.48. The number of benzene rings is 1. The molecule has 0 aromatic heterocycles. The molecule has 0 atom stereocenters. The molecular formula is C18H29N3O2S. The van der Waals surface area contributed by atoms with Crippen molar-refractivity contribution in [2.24, 2.45) is 4.99 Å². The van der Waals surface area contributed by atoms with Gasteiger partial charge >= 0.3 is 0 Å². The topological polar surface area (TPSA) is 54.9 Å². The highest BCUT2D eigenvalue weighted by Gasteiger charge is 2.31. The molecule has 0 spiro atoms. The van der Waals surface area contributed by atoms with E-state index in [0.717, 1.165) is 57.3 Å². The first-order chi connectivity index (χ1) is 11.7. The SMILES string of the molecule is CN=C(NCCc1ccc(OC)cc1)NCC1(SC)CCOCC1. The largest absolute Gasteiger partial charge is 0.497 e. The first-order valence-corrected chi connectivity index (χ1v) is 9.64. The summed E-state index contributed by atoms with van der Waals surface area (Å²) in [6.07, 6.45) is 5.31. The molecule has 0 unspecified atom stereocenters. The van der Waals surface area contributed by atoms with Gasteiger partial charge in [-0.25, -0.2) is 0 Å². The smallest absolute Gasteiger partial charge is 0.191 e. The average molecular weight is 352 g/mol. The average Bonchev–Trinajstić information content (AvgIpc) is 2.65. The lowest BCUT2D eigenvalue weighted by molar-refractivity contribution is 0.0783. The van der Waals surface area contributed by atoms with Gasteiger partial charge in [-0.2, -0.15) is 11.8 Å². The molecule has 6 heteroatoms. The minimum atomic E-state index is 0.256. The minimum absolute atomic E-state index is 0.256. The van der Waals surface area contributed by atoms with Crippen LogP contribution in [0.1, 0.15) is 18.4 Å². The lowest BCUT2D eigenvalue weighted by Gasteiger charge is -2.36. The fourth-order valence-electron chi connectivity index (χ4n) is 2.78. The van der Waals surface area contributed by atoms with Crippen LogP contribution in [0.5, 0.6) is 5.75 Å². The van der Waals surface area contributed by atoms with Gasteiger partial charge in [-0.15, -0.1) is 0 Å². The zero-order valence-electron chi connectivity index (χ0n) is 14.9. The number of hydrogen-bond donors (Lipinski definition) is 2. The minimum Gasteiger partial charge on any atom is -0.497 e. The highest BCUT2D eigenvalue weighted by molar-refractivity contribution is 8.00. The summed E-state index contributed by atoms with van der Waals surface area (Å²) < 4.78 is 10.9. The number of ether oxygens (including phenoxy) is 2. The zero-order valence-corrected chi connectivity index (χ0v) is 15.7. The number of nitrogens with zero attached hydrogens (tertiary/aromatic N) is 1. The van der Waals surface area contributed by atoms with Crippen LogP contribution in [0.15, 0.2) is 29.3 Å². The van der Waals surface area contributed by atoms with Gasteiger partial charge in [-0.1, -0.05) is 12.1 Å². The number of methoxy groups -OCH3 is 1. The summed E-state index contributed by atoms with van der Waals surface area (Å²) in [7, 11) is 3.50. The second kappa shape index (κ2) is 9.79. The van der Waals surface area contributed by atoms with Crippen LogP contribution >= 0.6 is 11.8 Å². The fourth-order valence-corrected chi connectivity index (χ4v) is 3.57. The molecule has 1 heterocycles. The summed E-state index contributed by atoms with van der Waals surface area (Å²) in [5.74, 6) is 1.76. The van der Waals surface area contributed by atoms with Crippen LogP contribution in [-0.4, -0.2) is 57.4 Å². The fraction of sp³-hybridized carbons (Fsp3) is 0.611. The van der Waals surface area contributed by atoms with Gasteiger partial charge in [0.05, 0.1) is 7.11 Å². The van der Waals surface area contributed by atoms with Gasteiger partial charge in [0.2, 0.25) is 0 Å². The zero-order chi connectivity index (χ0) is 17.3. The monoisotopic (exact) mass is 351 g/mol. The van der Waals surface area contributed by atoms with E-state index in [1.54, 1.807) is 7.11 Å². The molecule has 2 rings (SSSR count). The van der Waals surface area contributed by atoms with Crippen molar-refractivity contribution in [1.29, 1.82) is 0 Å². The van der Waals surface area contributed by atoms with E-state index in [1.165, 1.54) is 5.56 Å². The van der Waals surface area contributed by atoms with Crippen molar-refractivity contribution in [2.45, 2.75) is 24.0 Å². The first kappa shape index (κ1) is 18.9. The predicted octanol–water partition coefficient (Wildman–Crippen LogP) is 2.31. The van der Waals surface area contributed by atoms with E-state index in [4.69, 9.17) is 9.47 Å². The molecule has 0 bridgehead atoms. The molecule has 1 saturated heterocycles. The van der Waals surface area contributed by atoms with Crippen LogP contribution in [0.4, 0.5) is 0 Å². The summed E-state index contributed by atoms with van der Waals surface area (Å²) in [5.41, 5.74) is 1.28. The van der Waals surface area contributed by atoms with E-state index in [1.807, 2.05) is 30.9 Å². The highest BCUT2D eigenvalue weighted by atomic mass is 32.2. The van der Waals surface area contributed by atoms with Crippen LogP contribution in [0.25, 0.3) is 0 Å². The van der Waals surface area contributed by atoms with Crippen LogP contribution in [-0.2, 0) is 11.2 Å². The van der Waals surface area contributed by atoms with E-state index >= 15 is 0 Å². The number of rotatable bonds is 7. The molecule has 0 saturated carbocycles. The van der Waals surface area contributed by atoms with Crippen LogP contribution in [0.2, 0.25) is 0 Å². The number of guanidine groups is 1. The molecule has 1 aliphatic heterocycles. The number of aliphatic imine (C=N–C) groups is 1. The van der Waals surface area contributed by atoms with Gasteiger partial charge in [-0.3, -0.25) is 4.99 Å². The Hall–Kier alpha value is -1.40. The van der Waals surface area contributed by atoms with Crippen LogP contribution in [0, 0.1) is 0 Å². The number of hydrogen-bond acceptors (Lipinski definition) is 4. The Bertz CT molecular complexity index is 514. The van der Waals surface area contributed by atoms with Crippen LogP contribution < -0.4 is 15.4 Å². The van der Waals surface area contributed by atoms with Gasteiger partial charge < -0.3 is 20.1 Å². The second-order valence-electron chi connectivity index (χ2n) is 5.95. The summed E-state index contributed by atoms with van der Waals surface area (Å²) in [6, 6.07) is 8.19. The predicted molar refractivity (Wildman–Crippen MR) is 102 cm³/mol. The maximum absolute atomic E-state index is 5.49. The normalized spacial score (nSPS) is 17.4. The summed E-state index contributed by atoms with van der Waals surface area (Å²) >= 11 is 1.93. The molecule has 1 fully saturated rings. The van der Waals surface area contributed by atoms with Crippen LogP contribution in [0.3, 0.4) is 0 Å². The molecule has 2 N–H and O–H groups in total. The van der Waals surface area contributed by atoms with E-state index in [2.05, 4.69) is 34.0 Å². The molecule has 134 valence electrons. The Morgan fingerprint density at radius 2 is 1.96 bits per heavy atom. The quantitative estimate of drug-likeness (QED) is 0.583. The summed E-state index contributed by atoms with van der Waals surface area (Å²) in [5, 5.41) is 6.87. The summed E-state index contributed by atoms with van der Waals surface area (Å²) in [4.78, 5) is 4.33. The highest BCUT2D eigenvalue weighted by Crippen LogP contribution is 2.32. The molecule has 5 nitrogen and oxygen atoms in total. The Labute approximate surface area is 149 Å². The van der Waals surface area contributed by atoms with Gasteiger partial charge in [0.15, 0.2) is 5.96 Å². The van der Waals surface area contributed by atoms with Crippen molar-refractivity contribution >= 4 is 17.7 Å². The van der Waals surface area contributed by atoms with Gasteiger partial charge in [0, 0.05) is 38.1 Å². The van der Waals surface area contributed by atoms with Crippen molar-refractivity contribution in [1.82, 2.24) is 10.6 Å². The Balaban J connectivity index is 1.75.